The minimum absolute atomic E-state index is 0. The first-order valence-corrected chi connectivity index (χ1v) is 8.40. The molecule has 130 valence electrons. The van der Waals surface area contributed by atoms with Crippen LogP contribution in [0.5, 0.6) is 0 Å². The molecule has 0 aliphatic carbocycles. The highest BCUT2D eigenvalue weighted by atomic mass is 127. The standard InChI is InChI=1S/C18H29N3O.HI/c1-3-22-14-11-20-18(19-2)21-12-9-17(10-13-21)15-16-7-5-4-6-8-16;/h4-8,17H,3,9-15H2,1-2H3,(H,19,20);1H. The van der Waals surface area contributed by atoms with Gasteiger partial charge in [-0.25, -0.2) is 0 Å². The second-order valence-electron chi connectivity index (χ2n) is 5.79. The smallest absolute Gasteiger partial charge is 0.193 e. The average Bonchev–Trinajstić information content (AvgIpc) is 2.57. The maximum Gasteiger partial charge on any atom is 0.193 e. The highest BCUT2D eigenvalue weighted by molar-refractivity contribution is 14.0. The van der Waals surface area contributed by atoms with Crippen LogP contribution in [0.25, 0.3) is 0 Å². The quantitative estimate of drug-likeness (QED) is 0.326. The van der Waals surface area contributed by atoms with Crippen molar-refractivity contribution in [3.8, 4) is 0 Å². The molecular weight excluding hydrogens is 401 g/mol. The Labute approximate surface area is 157 Å². The lowest BCUT2D eigenvalue weighted by Gasteiger charge is -2.34. The summed E-state index contributed by atoms with van der Waals surface area (Å²) in [6.45, 7) is 6.53. The van der Waals surface area contributed by atoms with Gasteiger partial charge in [0.1, 0.15) is 0 Å². The van der Waals surface area contributed by atoms with Crippen LogP contribution in [0.3, 0.4) is 0 Å². The number of nitrogens with zero attached hydrogens (tertiary/aromatic N) is 2. The molecular formula is C18H30IN3O. The molecule has 1 fully saturated rings. The fraction of sp³-hybridized carbons (Fsp3) is 0.611. The third kappa shape index (κ3) is 7.08. The summed E-state index contributed by atoms with van der Waals surface area (Å²) in [5.74, 6) is 1.80. The molecule has 1 aromatic carbocycles. The molecule has 0 spiro atoms. The van der Waals surface area contributed by atoms with Crippen molar-refractivity contribution >= 4 is 29.9 Å². The number of ether oxygens (including phenoxy) is 1. The molecule has 23 heavy (non-hydrogen) atoms. The summed E-state index contributed by atoms with van der Waals surface area (Å²) >= 11 is 0. The number of nitrogens with one attached hydrogen (secondary N) is 1. The zero-order valence-corrected chi connectivity index (χ0v) is 16.7. The number of aliphatic imine (C=N–C) groups is 1. The monoisotopic (exact) mass is 431 g/mol. The summed E-state index contributed by atoms with van der Waals surface area (Å²) in [6.07, 6.45) is 3.67. The van der Waals surface area contributed by atoms with Crippen molar-refractivity contribution in [2.24, 2.45) is 10.9 Å². The van der Waals surface area contributed by atoms with Crippen molar-refractivity contribution in [2.75, 3.05) is 39.9 Å². The molecule has 1 N–H and O–H groups in total. The van der Waals surface area contributed by atoms with Crippen LogP contribution in [0.15, 0.2) is 35.3 Å². The van der Waals surface area contributed by atoms with Crippen LogP contribution in [0.2, 0.25) is 0 Å². The Bertz CT molecular complexity index is 445. The SMILES string of the molecule is CCOCCNC(=NC)N1CCC(Cc2ccccc2)CC1.I. The number of benzene rings is 1. The van der Waals surface area contributed by atoms with Gasteiger partial charge in [-0.1, -0.05) is 30.3 Å². The third-order valence-corrected chi connectivity index (χ3v) is 4.23. The van der Waals surface area contributed by atoms with Gasteiger partial charge < -0.3 is 15.0 Å². The summed E-state index contributed by atoms with van der Waals surface area (Å²) < 4.78 is 5.36. The normalized spacial score (nSPS) is 16.1. The van der Waals surface area contributed by atoms with Crippen LogP contribution >= 0.6 is 24.0 Å². The second kappa shape index (κ2) is 11.7. The molecule has 0 saturated carbocycles. The second-order valence-corrected chi connectivity index (χ2v) is 5.79. The fourth-order valence-corrected chi connectivity index (χ4v) is 3.01. The number of guanidine groups is 1. The van der Waals surface area contributed by atoms with Crippen molar-refractivity contribution < 1.29 is 4.74 Å². The fourth-order valence-electron chi connectivity index (χ4n) is 3.01. The van der Waals surface area contributed by atoms with Gasteiger partial charge in [0.15, 0.2) is 5.96 Å². The maximum absolute atomic E-state index is 5.36. The summed E-state index contributed by atoms with van der Waals surface area (Å²) in [5.41, 5.74) is 1.46. The summed E-state index contributed by atoms with van der Waals surface area (Å²) in [5, 5.41) is 3.39. The Morgan fingerprint density at radius 1 is 1.26 bits per heavy atom. The number of likely N-dealkylation sites (tertiary alicyclic amines) is 1. The highest BCUT2D eigenvalue weighted by Crippen LogP contribution is 2.21. The van der Waals surface area contributed by atoms with Gasteiger partial charge in [-0.05, 0) is 37.7 Å². The molecule has 4 nitrogen and oxygen atoms in total. The van der Waals surface area contributed by atoms with Gasteiger partial charge in [-0.2, -0.15) is 0 Å². The van der Waals surface area contributed by atoms with Crippen LogP contribution in [0.4, 0.5) is 0 Å². The Morgan fingerprint density at radius 2 is 1.96 bits per heavy atom. The Hall–Kier alpha value is -0.820. The van der Waals surface area contributed by atoms with E-state index in [0.717, 1.165) is 44.7 Å². The van der Waals surface area contributed by atoms with Gasteiger partial charge in [0.25, 0.3) is 0 Å². The first-order chi connectivity index (χ1) is 10.8. The summed E-state index contributed by atoms with van der Waals surface area (Å²) in [7, 11) is 1.86. The van der Waals surface area contributed by atoms with Crippen LogP contribution < -0.4 is 5.32 Å². The lowest BCUT2D eigenvalue weighted by atomic mass is 9.90. The van der Waals surface area contributed by atoms with E-state index < -0.39 is 0 Å². The summed E-state index contributed by atoms with van der Waals surface area (Å²) in [6, 6.07) is 10.8. The Kier molecular flexibility index (Phi) is 10.3. The van der Waals surface area contributed by atoms with Gasteiger partial charge >= 0.3 is 0 Å². The van der Waals surface area contributed by atoms with Crippen LogP contribution in [-0.4, -0.2) is 50.8 Å². The molecule has 0 bridgehead atoms. The van der Waals surface area contributed by atoms with E-state index in [4.69, 9.17) is 4.74 Å². The third-order valence-electron chi connectivity index (χ3n) is 4.23. The van der Waals surface area contributed by atoms with E-state index in [0.29, 0.717) is 0 Å². The van der Waals surface area contributed by atoms with E-state index >= 15 is 0 Å². The molecule has 1 aromatic rings. The molecule has 0 aromatic heterocycles. The van der Waals surface area contributed by atoms with E-state index in [9.17, 15) is 0 Å². The van der Waals surface area contributed by atoms with Crippen molar-refractivity contribution in [2.45, 2.75) is 26.2 Å². The van der Waals surface area contributed by atoms with Crippen LogP contribution in [0.1, 0.15) is 25.3 Å². The molecule has 0 unspecified atom stereocenters. The molecule has 0 atom stereocenters. The molecule has 1 aliphatic rings. The van der Waals surface area contributed by atoms with E-state index in [2.05, 4.69) is 45.5 Å². The molecule has 0 amide bonds. The number of halogens is 1. The molecule has 1 aliphatic heterocycles. The van der Waals surface area contributed by atoms with Crippen LogP contribution in [-0.2, 0) is 11.2 Å². The van der Waals surface area contributed by atoms with E-state index in [1.807, 2.05) is 14.0 Å². The average molecular weight is 431 g/mol. The van der Waals surface area contributed by atoms with Gasteiger partial charge in [-0.15, -0.1) is 24.0 Å². The predicted octanol–water partition coefficient (Wildman–Crippen LogP) is 3.17. The predicted molar refractivity (Wildman–Crippen MR) is 108 cm³/mol. The number of piperidine rings is 1. The van der Waals surface area contributed by atoms with E-state index in [1.165, 1.54) is 24.8 Å². The van der Waals surface area contributed by atoms with E-state index in [1.54, 1.807) is 0 Å². The van der Waals surface area contributed by atoms with Gasteiger partial charge in [0.05, 0.1) is 6.61 Å². The highest BCUT2D eigenvalue weighted by Gasteiger charge is 2.21. The first kappa shape index (κ1) is 20.2. The van der Waals surface area contributed by atoms with Crippen molar-refractivity contribution in [3.63, 3.8) is 0 Å². The Morgan fingerprint density at radius 3 is 2.57 bits per heavy atom. The maximum atomic E-state index is 5.36. The minimum atomic E-state index is 0. The number of hydrogen-bond acceptors (Lipinski definition) is 2. The lowest BCUT2D eigenvalue weighted by Crippen LogP contribution is -2.46. The molecule has 1 heterocycles. The largest absolute Gasteiger partial charge is 0.380 e. The minimum Gasteiger partial charge on any atom is -0.380 e. The van der Waals surface area contributed by atoms with Crippen molar-refractivity contribution in [1.82, 2.24) is 10.2 Å². The number of hydrogen-bond donors (Lipinski definition) is 1. The summed E-state index contributed by atoms with van der Waals surface area (Å²) in [4.78, 5) is 6.76. The zero-order valence-electron chi connectivity index (χ0n) is 14.3. The molecule has 2 rings (SSSR count). The molecule has 5 heteroatoms. The van der Waals surface area contributed by atoms with Gasteiger partial charge in [0.2, 0.25) is 0 Å². The zero-order chi connectivity index (χ0) is 15.6. The van der Waals surface area contributed by atoms with Crippen LogP contribution in [0, 0.1) is 5.92 Å². The van der Waals surface area contributed by atoms with Crippen molar-refractivity contribution in [1.29, 1.82) is 0 Å². The number of rotatable bonds is 6. The van der Waals surface area contributed by atoms with E-state index in [-0.39, 0.29) is 24.0 Å². The first-order valence-electron chi connectivity index (χ1n) is 8.40. The molecule has 1 saturated heterocycles. The van der Waals surface area contributed by atoms with Crippen molar-refractivity contribution in [3.05, 3.63) is 35.9 Å². The van der Waals surface area contributed by atoms with Gasteiger partial charge in [0, 0.05) is 33.3 Å². The van der Waals surface area contributed by atoms with Gasteiger partial charge in [-0.3, -0.25) is 4.99 Å². The molecule has 0 radical (unpaired) electrons. The lowest BCUT2D eigenvalue weighted by molar-refractivity contribution is 0.151. The Balaban J connectivity index is 0.00000264. The topological polar surface area (TPSA) is 36.9 Å².